The van der Waals surface area contributed by atoms with Crippen molar-refractivity contribution in [3.05, 3.63) is 72.7 Å². The molecule has 5 heteroatoms. The number of carbonyl (C=O) groups is 1. The van der Waals surface area contributed by atoms with Crippen molar-refractivity contribution in [2.75, 3.05) is 18.4 Å². The molecule has 0 bridgehead atoms. The molecule has 2 heterocycles. The van der Waals surface area contributed by atoms with Crippen LogP contribution in [-0.4, -0.2) is 29.0 Å². The van der Waals surface area contributed by atoms with Crippen molar-refractivity contribution in [2.24, 2.45) is 0 Å². The van der Waals surface area contributed by atoms with Gasteiger partial charge in [0.05, 0.1) is 0 Å². The van der Waals surface area contributed by atoms with Crippen LogP contribution in [0.3, 0.4) is 0 Å². The topological polar surface area (TPSA) is 69.8 Å². The summed E-state index contributed by atoms with van der Waals surface area (Å²) in [7, 11) is 0. The Morgan fingerprint density at radius 2 is 2.17 bits per heavy atom. The minimum atomic E-state index is -0.199. The van der Waals surface area contributed by atoms with Crippen LogP contribution in [0.1, 0.15) is 16.1 Å². The van der Waals surface area contributed by atoms with Gasteiger partial charge in [-0.15, -0.1) is 6.58 Å². The van der Waals surface area contributed by atoms with E-state index in [-0.39, 0.29) is 5.91 Å². The van der Waals surface area contributed by atoms with Gasteiger partial charge in [-0.05, 0) is 30.2 Å². The van der Waals surface area contributed by atoms with Crippen molar-refractivity contribution < 1.29 is 4.79 Å². The minimum absolute atomic E-state index is 0.199. The zero-order valence-corrected chi connectivity index (χ0v) is 13.4. The molecule has 122 valence electrons. The molecule has 0 atom stereocenters. The van der Waals surface area contributed by atoms with E-state index in [1.165, 1.54) is 10.9 Å². The average Bonchev–Trinajstić information content (AvgIpc) is 3.03. The molecule has 0 aliphatic rings. The quantitative estimate of drug-likeness (QED) is 0.586. The number of pyridine rings is 1. The maximum atomic E-state index is 11.9. The highest BCUT2D eigenvalue weighted by Crippen LogP contribution is 2.18. The first-order valence-electron chi connectivity index (χ1n) is 7.92. The van der Waals surface area contributed by atoms with Gasteiger partial charge in [0, 0.05) is 42.1 Å². The number of amides is 1. The van der Waals surface area contributed by atoms with Crippen LogP contribution in [0.2, 0.25) is 0 Å². The van der Waals surface area contributed by atoms with E-state index in [1.54, 1.807) is 18.3 Å². The molecule has 3 rings (SSSR count). The summed E-state index contributed by atoms with van der Waals surface area (Å²) in [6, 6.07) is 11.9. The fourth-order valence-electron chi connectivity index (χ4n) is 2.60. The van der Waals surface area contributed by atoms with Crippen LogP contribution < -0.4 is 10.6 Å². The summed E-state index contributed by atoms with van der Waals surface area (Å²) in [5, 5.41) is 7.32. The summed E-state index contributed by atoms with van der Waals surface area (Å²) < 4.78 is 0. The second-order valence-corrected chi connectivity index (χ2v) is 5.46. The van der Waals surface area contributed by atoms with E-state index in [9.17, 15) is 4.79 Å². The van der Waals surface area contributed by atoms with E-state index >= 15 is 0 Å². The predicted molar refractivity (Wildman–Crippen MR) is 97.3 cm³/mol. The standard InChI is InChI=1S/C19H20N4O/c1-2-9-22-19(24)18-12-15(8-11-21-18)20-10-7-14-13-23-17-6-4-3-5-16(14)17/h2-6,8,11-13,23H,1,7,9-10H2,(H,20,21)(H,22,24). The number of aromatic nitrogens is 2. The predicted octanol–water partition coefficient (Wildman–Crippen LogP) is 3.13. The molecule has 3 N–H and O–H groups in total. The Morgan fingerprint density at radius 1 is 1.29 bits per heavy atom. The van der Waals surface area contributed by atoms with E-state index in [4.69, 9.17) is 0 Å². The highest BCUT2D eigenvalue weighted by molar-refractivity contribution is 5.93. The first kappa shape index (κ1) is 15.8. The Hall–Kier alpha value is -3.08. The average molecular weight is 320 g/mol. The smallest absolute Gasteiger partial charge is 0.270 e. The number of fused-ring (bicyclic) bond motifs is 1. The number of benzene rings is 1. The molecule has 24 heavy (non-hydrogen) atoms. The van der Waals surface area contributed by atoms with Crippen molar-refractivity contribution >= 4 is 22.5 Å². The first-order chi connectivity index (χ1) is 11.8. The lowest BCUT2D eigenvalue weighted by molar-refractivity contribution is 0.0953. The molecular formula is C19H20N4O. The molecular weight excluding hydrogens is 300 g/mol. The Bertz CT molecular complexity index is 853. The normalized spacial score (nSPS) is 10.5. The van der Waals surface area contributed by atoms with Crippen LogP contribution in [0.15, 0.2) is 61.4 Å². The first-order valence-corrected chi connectivity index (χ1v) is 7.92. The van der Waals surface area contributed by atoms with Crippen molar-refractivity contribution in [3.8, 4) is 0 Å². The SMILES string of the molecule is C=CCNC(=O)c1cc(NCCc2c[nH]c3ccccc23)ccn1. The van der Waals surface area contributed by atoms with Gasteiger partial charge in [0.25, 0.3) is 5.91 Å². The highest BCUT2D eigenvalue weighted by Gasteiger charge is 2.07. The maximum absolute atomic E-state index is 11.9. The number of para-hydroxylation sites is 1. The Labute approximate surface area is 140 Å². The van der Waals surface area contributed by atoms with Gasteiger partial charge in [0.2, 0.25) is 0 Å². The van der Waals surface area contributed by atoms with E-state index in [1.807, 2.05) is 24.4 Å². The fourth-order valence-corrected chi connectivity index (χ4v) is 2.60. The van der Waals surface area contributed by atoms with Gasteiger partial charge >= 0.3 is 0 Å². The third kappa shape index (κ3) is 3.63. The number of aromatic amines is 1. The summed E-state index contributed by atoms with van der Waals surface area (Å²) in [6.07, 6.45) is 6.22. The number of hydrogen-bond donors (Lipinski definition) is 3. The lowest BCUT2D eigenvalue weighted by Gasteiger charge is -2.08. The van der Waals surface area contributed by atoms with Gasteiger partial charge in [0.15, 0.2) is 0 Å². The van der Waals surface area contributed by atoms with E-state index in [0.717, 1.165) is 24.2 Å². The van der Waals surface area contributed by atoms with Gasteiger partial charge in [0.1, 0.15) is 5.69 Å². The Morgan fingerprint density at radius 3 is 3.04 bits per heavy atom. The lowest BCUT2D eigenvalue weighted by Crippen LogP contribution is -2.24. The summed E-state index contributed by atoms with van der Waals surface area (Å²) in [5.41, 5.74) is 3.70. The zero-order chi connectivity index (χ0) is 16.8. The van der Waals surface area contributed by atoms with Gasteiger partial charge in [-0.3, -0.25) is 9.78 Å². The molecule has 0 fully saturated rings. The monoisotopic (exact) mass is 320 g/mol. The fraction of sp³-hybridized carbons (Fsp3) is 0.158. The number of rotatable bonds is 7. The van der Waals surface area contributed by atoms with Crippen molar-refractivity contribution in [2.45, 2.75) is 6.42 Å². The summed E-state index contributed by atoms with van der Waals surface area (Å²) in [5.74, 6) is -0.199. The lowest BCUT2D eigenvalue weighted by atomic mass is 10.1. The van der Waals surface area contributed by atoms with Crippen molar-refractivity contribution in [1.29, 1.82) is 0 Å². The molecule has 0 radical (unpaired) electrons. The van der Waals surface area contributed by atoms with Gasteiger partial charge in [-0.2, -0.15) is 0 Å². The molecule has 0 aliphatic carbocycles. The number of hydrogen-bond acceptors (Lipinski definition) is 3. The maximum Gasteiger partial charge on any atom is 0.270 e. The van der Waals surface area contributed by atoms with E-state index in [0.29, 0.717) is 12.2 Å². The van der Waals surface area contributed by atoms with E-state index < -0.39 is 0 Å². The van der Waals surface area contributed by atoms with Gasteiger partial charge < -0.3 is 15.6 Å². The number of carbonyl (C=O) groups excluding carboxylic acids is 1. The molecule has 1 aromatic carbocycles. The summed E-state index contributed by atoms with van der Waals surface area (Å²) >= 11 is 0. The number of nitrogens with zero attached hydrogens (tertiary/aromatic N) is 1. The van der Waals surface area contributed by atoms with Crippen LogP contribution in [0.25, 0.3) is 10.9 Å². The van der Waals surface area contributed by atoms with Crippen LogP contribution in [-0.2, 0) is 6.42 Å². The summed E-state index contributed by atoms with van der Waals surface area (Å²) in [6.45, 7) is 4.79. The highest BCUT2D eigenvalue weighted by atomic mass is 16.1. The third-order valence-corrected chi connectivity index (χ3v) is 3.80. The van der Waals surface area contributed by atoms with Gasteiger partial charge in [-0.25, -0.2) is 0 Å². The van der Waals surface area contributed by atoms with Crippen LogP contribution in [0.4, 0.5) is 5.69 Å². The molecule has 5 nitrogen and oxygen atoms in total. The Balaban J connectivity index is 1.60. The molecule has 2 aromatic heterocycles. The largest absolute Gasteiger partial charge is 0.385 e. The number of anilines is 1. The third-order valence-electron chi connectivity index (χ3n) is 3.80. The molecule has 0 saturated heterocycles. The Kier molecular flexibility index (Phi) is 4.91. The van der Waals surface area contributed by atoms with E-state index in [2.05, 4.69) is 39.3 Å². The molecule has 0 aliphatic heterocycles. The number of H-pyrrole nitrogens is 1. The second-order valence-electron chi connectivity index (χ2n) is 5.46. The number of nitrogens with one attached hydrogen (secondary N) is 3. The van der Waals surface area contributed by atoms with Gasteiger partial charge in [-0.1, -0.05) is 24.3 Å². The van der Waals surface area contributed by atoms with Crippen LogP contribution >= 0.6 is 0 Å². The van der Waals surface area contributed by atoms with Crippen molar-refractivity contribution in [3.63, 3.8) is 0 Å². The molecule has 0 unspecified atom stereocenters. The second kappa shape index (κ2) is 7.46. The minimum Gasteiger partial charge on any atom is -0.385 e. The molecule has 1 amide bonds. The van der Waals surface area contributed by atoms with Crippen LogP contribution in [0.5, 0.6) is 0 Å². The molecule has 0 saturated carbocycles. The zero-order valence-electron chi connectivity index (χ0n) is 13.4. The summed E-state index contributed by atoms with van der Waals surface area (Å²) in [4.78, 5) is 19.3. The van der Waals surface area contributed by atoms with Crippen LogP contribution in [0, 0.1) is 0 Å². The molecule has 3 aromatic rings. The van der Waals surface area contributed by atoms with Crippen molar-refractivity contribution in [1.82, 2.24) is 15.3 Å². The molecule has 0 spiro atoms.